The van der Waals surface area contributed by atoms with E-state index in [-0.39, 0.29) is 38.3 Å². The molecular formula is C2H3AgCl2O2Pd. The summed E-state index contributed by atoms with van der Waals surface area (Å²) in [5.41, 5.74) is 0. The molecule has 0 saturated carbocycles. The maximum absolute atomic E-state index is 8.89. The minimum absolute atomic E-state index is 0. The normalized spacial score (nSPS) is 5.88. The van der Waals surface area contributed by atoms with Gasteiger partial charge in [-0.15, -0.1) is 0 Å². The zero-order valence-electron chi connectivity index (χ0n) is 3.69. The summed E-state index contributed by atoms with van der Waals surface area (Å²) >= 11 is -0.106. The third kappa shape index (κ3) is 147. The molecule has 0 saturated heterocycles. The summed E-state index contributed by atoms with van der Waals surface area (Å²) in [4.78, 5) is 8.89. The van der Waals surface area contributed by atoms with E-state index in [1.807, 2.05) is 0 Å². The van der Waals surface area contributed by atoms with Gasteiger partial charge in [-0.25, -0.2) is 0 Å². The van der Waals surface area contributed by atoms with E-state index in [4.69, 9.17) is 29.0 Å². The number of aliphatic carboxylic acids is 1. The molecule has 8 heavy (non-hydrogen) atoms. The van der Waals surface area contributed by atoms with Crippen LogP contribution >= 0.6 is 19.1 Å². The fraction of sp³-hybridized carbons (Fsp3) is 0.500. The van der Waals surface area contributed by atoms with E-state index in [0.717, 1.165) is 6.92 Å². The van der Waals surface area contributed by atoms with Gasteiger partial charge in [0.05, 0.1) is 0 Å². The molecular weight excluding hydrogens is 341 g/mol. The Kier molecular flexibility index (Phi) is 32.0. The third-order valence-corrected chi connectivity index (χ3v) is 0. The van der Waals surface area contributed by atoms with Gasteiger partial charge in [0.25, 0.3) is 0 Å². The molecule has 0 aliphatic heterocycles. The molecule has 0 aliphatic rings. The molecule has 0 fully saturated rings. The first-order chi connectivity index (χ1) is 3.15. The Labute approximate surface area is 79.5 Å². The second kappa shape index (κ2) is 15.8. The monoisotopic (exact) mass is 342 g/mol. The molecule has 0 unspecified atom stereocenters. The van der Waals surface area contributed by atoms with E-state index in [1.54, 1.807) is 0 Å². The van der Waals surface area contributed by atoms with Gasteiger partial charge >= 0.3 is 57.4 Å². The first kappa shape index (κ1) is 16.2. The van der Waals surface area contributed by atoms with Gasteiger partial charge in [-0.3, -0.25) is 0 Å². The Morgan fingerprint density at radius 3 is 1.62 bits per heavy atom. The molecule has 2 nitrogen and oxygen atoms in total. The Bertz CT molecular complexity index is 49.3. The van der Waals surface area contributed by atoms with Crippen LogP contribution in [0.5, 0.6) is 0 Å². The standard InChI is InChI=1S/C2H4O2.Ag.2ClH.Pd/c1-2(3)4;;;;/h1H3,(H,3,4);;2*1H;/q;+1;;;+2/p-3. The van der Waals surface area contributed by atoms with Crippen LogP contribution in [0.15, 0.2) is 0 Å². The fourth-order valence-corrected chi connectivity index (χ4v) is 0. The number of rotatable bonds is 0. The van der Waals surface area contributed by atoms with Gasteiger partial charge in [0.1, 0.15) is 0 Å². The van der Waals surface area contributed by atoms with E-state index < -0.39 is 5.97 Å². The predicted octanol–water partition coefficient (Wildman–Crippen LogP) is 0.130. The van der Waals surface area contributed by atoms with Crippen molar-refractivity contribution in [1.29, 1.82) is 0 Å². The van der Waals surface area contributed by atoms with Crippen molar-refractivity contribution in [2.24, 2.45) is 0 Å². The molecule has 0 aromatic rings. The number of hydrogen-bond donors (Lipinski definition) is 0. The van der Waals surface area contributed by atoms with Gasteiger partial charge < -0.3 is 9.90 Å². The first-order valence-electron chi connectivity index (χ1n) is 1.15. The Morgan fingerprint density at radius 1 is 1.62 bits per heavy atom. The van der Waals surface area contributed by atoms with Crippen LogP contribution in [-0.4, -0.2) is 5.97 Å². The number of carboxylic acids is 1. The summed E-state index contributed by atoms with van der Waals surface area (Å²) in [6.07, 6.45) is 0. The topological polar surface area (TPSA) is 40.1 Å². The van der Waals surface area contributed by atoms with Crippen molar-refractivity contribution in [1.82, 2.24) is 0 Å². The quantitative estimate of drug-likeness (QED) is 0.586. The van der Waals surface area contributed by atoms with E-state index in [0.29, 0.717) is 0 Å². The van der Waals surface area contributed by atoms with Gasteiger partial charge in [-0.2, -0.15) is 0 Å². The van der Waals surface area contributed by atoms with Crippen LogP contribution in [0.4, 0.5) is 0 Å². The van der Waals surface area contributed by atoms with Crippen LogP contribution < -0.4 is 5.11 Å². The van der Waals surface area contributed by atoms with E-state index in [2.05, 4.69) is 0 Å². The average molecular weight is 344 g/mol. The van der Waals surface area contributed by atoms with Gasteiger partial charge in [0.2, 0.25) is 0 Å². The van der Waals surface area contributed by atoms with Crippen LogP contribution in [0.2, 0.25) is 0 Å². The molecule has 0 atom stereocenters. The molecule has 0 N–H and O–H groups in total. The van der Waals surface area contributed by atoms with Crippen LogP contribution in [0.25, 0.3) is 0 Å². The van der Waals surface area contributed by atoms with Crippen molar-refractivity contribution >= 4 is 25.0 Å². The summed E-state index contributed by atoms with van der Waals surface area (Å²) in [6.45, 7) is 0.972. The second-order valence-electron chi connectivity index (χ2n) is 0.537. The van der Waals surface area contributed by atoms with E-state index in [1.165, 1.54) is 0 Å². The maximum atomic E-state index is 8.89. The number of hydrogen-bond acceptors (Lipinski definition) is 2. The van der Waals surface area contributed by atoms with Crippen molar-refractivity contribution in [2.45, 2.75) is 6.92 Å². The minimum atomic E-state index is -1.08. The van der Waals surface area contributed by atoms with Crippen LogP contribution in [0.1, 0.15) is 6.92 Å². The predicted molar refractivity (Wildman–Crippen MR) is 22.4 cm³/mol. The summed E-state index contributed by atoms with van der Waals surface area (Å²) < 4.78 is 0. The molecule has 0 heterocycles. The zero-order chi connectivity index (χ0) is 6.28. The average Bonchev–Trinajstić information content (AvgIpc) is 1.33. The van der Waals surface area contributed by atoms with Crippen LogP contribution in [0, 0.1) is 0 Å². The molecule has 0 radical (unpaired) electrons. The Balaban J connectivity index is -0.0000000575. The number of carbonyl (C=O) groups excluding carboxylic acids is 1. The summed E-state index contributed by atoms with van der Waals surface area (Å²) in [5, 5.41) is 8.89. The van der Waals surface area contributed by atoms with E-state index >= 15 is 0 Å². The molecule has 0 bridgehead atoms. The Hall–Kier alpha value is 1.45. The molecule has 6 heteroatoms. The first-order valence-corrected chi connectivity index (χ1v) is 5.15. The van der Waals surface area contributed by atoms with Crippen molar-refractivity contribution in [3.05, 3.63) is 0 Å². The Morgan fingerprint density at radius 2 is 1.62 bits per heavy atom. The number of halogens is 2. The fourth-order valence-electron chi connectivity index (χ4n) is 0. The SMILES string of the molecule is CC(=O)[O-].[Ag+].[Cl][Pd][Cl]. The zero-order valence-corrected chi connectivity index (χ0v) is 8.24. The molecule has 0 aliphatic carbocycles. The summed E-state index contributed by atoms with van der Waals surface area (Å²) in [7, 11) is 9.63. The summed E-state index contributed by atoms with van der Waals surface area (Å²) in [6, 6.07) is 0. The third-order valence-electron chi connectivity index (χ3n) is 0. The van der Waals surface area contributed by atoms with Crippen molar-refractivity contribution < 1.29 is 48.2 Å². The molecule has 58 valence electrons. The van der Waals surface area contributed by atoms with Gasteiger partial charge in [0, 0.05) is 5.97 Å². The number of carbonyl (C=O) groups is 1. The molecule has 0 aromatic carbocycles. The van der Waals surface area contributed by atoms with Crippen molar-refractivity contribution in [3.63, 3.8) is 0 Å². The van der Waals surface area contributed by atoms with Crippen LogP contribution in [0.3, 0.4) is 0 Å². The molecule has 0 rings (SSSR count). The van der Waals surface area contributed by atoms with Crippen LogP contribution in [-0.2, 0) is 43.1 Å². The molecule has 0 amide bonds. The summed E-state index contributed by atoms with van der Waals surface area (Å²) in [5.74, 6) is -1.08. The van der Waals surface area contributed by atoms with E-state index in [9.17, 15) is 0 Å². The van der Waals surface area contributed by atoms with Crippen molar-refractivity contribution in [3.8, 4) is 0 Å². The van der Waals surface area contributed by atoms with Gasteiger partial charge in [-0.1, -0.05) is 0 Å². The molecule has 0 aromatic heterocycles. The van der Waals surface area contributed by atoms with Gasteiger partial charge in [-0.05, 0) is 6.92 Å². The van der Waals surface area contributed by atoms with Gasteiger partial charge in [0.15, 0.2) is 0 Å². The van der Waals surface area contributed by atoms with Crippen molar-refractivity contribution in [2.75, 3.05) is 0 Å². The number of carboxylic acid groups (broad SMARTS) is 1. The molecule has 0 spiro atoms. The second-order valence-corrected chi connectivity index (χ2v) is 2.90.